The summed E-state index contributed by atoms with van der Waals surface area (Å²) in [5, 5.41) is 8.08. The third kappa shape index (κ3) is 3.23. The predicted octanol–water partition coefficient (Wildman–Crippen LogP) is 1.61. The van der Waals surface area contributed by atoms with Crippen molar-refractivity contribution in [1.82, 2.24) is 34.8 Å². The van der Waals surface area contributed by atoms with Gasteiger partial charge in [0.1, 0.15) is 0 Å². The summed E-state index contributed by atoms with van der Waals surface area (Å²) in [5.74, 6) is 0.606. The second-order valence-electron chi connectivity index (χ2n) is 5.49. The van der Waals surface area contributed by atoms with Gasteiger partial charge in [0.05, 0.1) is 48.4 Å². The summed E-state index contributed by atoms with van der Waals surface area (Å²) in [7, 11) is 0. The maximum Gasteiger partial charge on any atom is 0.192 e. The van der Waals surface area contributed by atoms with Gasteiger partial charge in [0, 0.05) is 19.6 Å². The highest BCUT2D eigenvalue weighted by molar-refractivity contribution is 5.26. The summed E-state index contributed by atoms with van der Waals surface area (Å²) in [4.78, 5) is 14.7. The van der Waals surface area contributed by atoms with Crippen LogP contribution in [0.1, 0.15) is 19.0 Å². The van der Waals surface area contributed by atoms with Gasteiger partial charge in [-0.25, -0.2) is 4.98 Å². The maximum atomic E-state index is 4.45. The standard InChI is InChI=1S/C16H21N7/c1-4-7-21-8-9-22(14(3)13(21)2)12-15-10-18-16(11-17-15)23-19-5-6-20-23/h5-6,10-11H,2-4,7-9,12H2,1H3. The van der Waals surface area contributed by atoms with Gasteiger partial charge in [-0.2, -0.15) is 10.2 Å². The zero-order chi connectivity index (χ0) is 16.2. The number of nitrogens with zero attached hydrogens (tertiary/aromatic N) is 7. The molecule has 3 heterocycles. The summed E-state index contributed by atoms with van der Waals surface area (Å²) in [5.41, 5.74) is 2.85. The van der Waals surface area contributed by atoms with Crippen LogP contribution in [0.15, 0.2) is 49.3 Å². The molecule has 1 aliphatic heterocycles. The first-order valence-electron chi connectivity index (χ1n) is 7.74. The molecule has 0 N–H and O–H groups in total. The monoisotopic (exact) mass is 311 g/mol. The van der Waals surface area contributed by atoms with Crippen LogP contribution < -0.4 is 0 Å². The van der Waals surface area contributed by atoms with Gasteiger partial charge in [-0.15, -0.1) is 4.80 Å². The number of aromatic nitrogens is 5. The lowest BCUT2D eigenvalue weighted by Gasteiger charge is -2.40. The molecule has 0 radical (unpaired) electrons. The first-order valence-corrected chi connectivity index (χ1v) is 7.74. The van der Waals surface area contributed by atoms with E-state index in [1.54, 1.807) is 24.8 Å². The van der Waals surface area contributed by atoms with Crippen molar-refractivity contribution in [3.05, 3.63) is 55.0 Å². The van der Waals surface area contributed by atoms with Crippen LogP contribution in [0.4, 0.5) is 0 Å². The molecule has 120 valence electrons. The van der Waals surface area contributed by atoms with Crippen molar-refractivity contribution in [2.45, 2.75) is 19.9 Å². The molecule has 0 atom stereocenters. The SMILES string of the molecule is C=C1C(=C)N(Cc2cnc(-n3nccn3)cn2)CCN1CCC. The number of rotatable bonds is 5. The van der Waals surface area contributed by atoms with Crippen molar-refractivity contribution < 1.29 is 0 Å². The summed E-state index contributed by atoms with van der Waals surface area (Å²) in [6, 6.07) is 0. The Hall–Kier alpha value is -2.70. The summed E-state index contributed by atoms with van der Waals surface area (Å²) >= 11 is 0. The average molecular weight is 311 g/mol. The van der Waals surface area contributed by atoms with E-state index in [1.165, 1.54) is 4.80 Å². The van der Waals surface area contributed by atoms with Gasteiger partial charge in [0.25, 0.3) is 0 Å². The number of piperazine rings is 1. The van der Waals surface area contributed by atoms with E-state index in [4.69, 9.17) is 0 Å². The Morgan fingerprint density at radius 1 is 1.00 bits per heavy atom. The lowest BCUT2D eigenvalue weighted by Crippen LogP contribution is -2.42. The third-order valence-electron chi connectivity index (χ3n) is 3.90. The highest BCUT2D eigenvalue weighted by atomic mass is 15.5. The van der Waals surface area contributed by atoms with Crippen LogP contribution in [-0.4, -0.2) is 54.4 Å². The fourth-order valence-corrected chi connectivity index (χ4v) is 2.63. The summed E-state index contributed by atoms with van der Waals surface area (Å²) < 4.78 is 0. The predicted molar refractivity (Wildman–Crippen MR) is 87.5 cm³/mol. The Bertz CT molecular complexity index is 675. The van der Waals surface area contributed by atoms with Crippen molar-refractivity contribution in [2.24, 2.45) is 0 Å². The van der Waals surface area contributed by atoms with E-state index < -0.39 is 0 Å². The molecule has 0 spiro atoms. The molecule has 0 bridgehead atoms. The van der Waals surface area contributed by atoms with Crippen molar-refractivity contribution in [2.75, 3.05) is 19.6 Å². The molecule has 7 nitrogen and oxygen atoms in total. The first kappa shape index (κ1) is 15.2. The highest BCUT2D eigenvalue weighted by Crippen LogP contribution is 2.23. The Morgan fingerprint density at radius 2 is 1.70 bits per heavy atom. The van der Waals surface area contributed by atoms with E-state index in [9.17, 15) is 0 Å². The Morgan fingerprint density at radius 3 is 2.35 bits per heavy atom. The quantitative estimate of drug-likeness (QED) is 0.836. The highest BCUT2D eigenvalue weighted by Gasteiger charge is 2.22. The van der Waals surface area contributed by atoms with Gasteiger partial charge >= 0.3 is 0 Å². The van der Waals surface area contributed by atoms with Crippen LogP contribution in [0.25, 0.3) is 5.82 Å². The van der Waals surface area contributed by atoms with Crippen LogP contribution in [0.5, 0.6) is 0 Å². The van der Waals surface area contributed by atoms with E-state index in [0.717, 1.165) is 43.1 Å². The normalized spacial score (nSPS) is 15.3. The molecule has 0 saturated carbocycles. The van der Waals surface area contributed by atoms with Gasteiger partial charge in [-0.3, -0.25) is 4.98 Å². The Labute approximate surface area is 136 Å². The molecule has 2 aromatic rings. The largest absolute Gasteiger partial charge is 0.369 e. The van der Waals surface area contributed by atoms with Gasteiger partial charge in [-0.1, -0.05) is 20.1 Å². The van der Waals surface area contributed by atoms with Crippen molar-refractivity contribution in [3.8, 4) is 5.82 Å². The van der Waals surface area contributed by atoms with Gasteiger partial charge in [0.15, 0.2) is 5.82 Å². The molecule has 1 saturated heterocycles. The van der Waals surface area contributed by atoms with E-state index >= 15 is 0 Å². The third-order valence-corrected chi connectivity index (χ3v) is 3.90. The van der Waals surface area contributed by atoms with E-state index in [1.807, 2.05) is 0 Å². The Balaban J connectivity index is 1.66. The second-order valence-corrected chi connectivity index (χ2v) is 5.49. The number of hydrogen-bond acceptors (Lipinski definition) is 6. The molecule has 0 amide bonds. The molecule has 0 aromatic carbocycles. The molecule has 1 aliphatic rings. The molecule has 0 aliphatic carbocycles. The minimum absolute atomic E-state index is 0.606. The van der Waals surface area contributed by atoms with Crippen molar-refractivity contribution in [1.29, 1.82) is 0 Å². The van der Waals surface area contributed by atoms with Crippen LogP contribution in [0.3, 0.4) is 0 Å². The second kappa shape index (κ2) is 6.60. The van der Waals surface area contributed by atoms with E-state index in [-0.39, 0.29) is 0 Å². The molecular weight excluding hydrogens is 290 g/mol. The molecule has 0 unspecified atom stereocenters. The Kier molecular flexibility index (Phi) is 4.36. The molecule has 23 heavy (non-hydrogen) atoms. The first-order chi connectivity index (χ1) is 11.2. The zero-order valence-corrected chi connectivity index (χ0v) is 13.4. The molecule has 7 heteroatoms. The minimum atomic E-state index is 0.606. The zero-order valence-electron chi connectivity index (χ0n) is 13.4. The minimum Gasteiger partial charge on any atom is -0.369 e. The van der Waals surface area contributed by atoms with Crippen LogP contribution in [-0.2, 0) is 6.54 Å². The molecular formula is C16H21N7. The summed E-state index contributed by atoms with van der Waals surface area (Å²) in [6.07, 6.45) is 7.77. The lowest BCUT2D eigenvalue weighted by atomic mass is 10.2. The fraction of sp³-hybridized carbons (Fsp3) is 0.375. The topological polar surface area (TPSA) is 63.0 Å². The summed E-state index contributed by atoms with van der Waals surface area (Å²) in [6.45, 7) is 14.1. The molecule has 2 aromatic heterocycles. The van der Waals surface area contributed by atoms with Gasteiger partial charge < -0.3 is 9.80 Å². The van der Waals surface area contributed by atoms with Crippen LogP contribution in [0.2, 0.25) is 0 Å². The van der Waals surface area contributed by atoms with E-state index in [2.05, 4.69) is 50.0 Å². The average Bonchev–Trinajstić information content (AvgIpc) is 3.10. The molecule has 3 rings (SSSR count). The van der Waals surface area contributed by atoms with E-state index in [0.29, 0.717) is 12.4 Å². The van der Waals surface area contributed by atoms with Crippen molar-refractivity contribution in [3.63, 3.8) is 0 Å². The maximum absolute atomic E-state index is 4.45. The van der Waals surface area contributed by atoms with Crippen LogP contribution >= 0.6 is 0 Å². The van der Waals surface area contributed by atoms with Gasteiger partial charge in [0.2, 0.25) is 0 Å². The smallest absolute Gasteiger partial charge is 0.192 e. The lowest BCUT2D eigenvalue weighted by molar-refractivity contribution is 0.213. The van der Waals surface area contributed by atoms with Crippen molar-refractivity contribution >= 4 is 0 Å². The fourth-order valence-electron chi connectivity index (χ4n) is 2.63. The van der Waals surface area contributed by atoms with Gasteiger partial charge in [-0.05, 0) is 6.42 Å². The van der Waals surface area contributed by atoms with Crippen LogP contribution in [0, 0.1) is 0 Å². The molecule has 1 fully saturated rings. The number of hydrogen-bond donors (Lipinski definition) is 0.